The van der Waals surface area contributed by atoms with Crippen LogP contribution in [0.5, 0.6) is 0 Å². The number of pyridine rings is 1. The lowest BCUT2D eigenvalue weighted by atomic mass is 9.54. The van der Waals surface area contributed by atoms with Crippen LogP contribution in [0.3, 0.4) is 0 Å². The number of carboxylic acids is 1. The van der Waals surface area contributed by atoms with Crippen LogP contribution in [0.15, 0.2) is 18.2 Å². The Bertz CT molecular complexity index is 600. The van der Waals surface area contributed by atoms with Gasteiger partial charge in [0.05, 0.1) is 6.10 Å². The van der Waals surface area contributed by atoms with E-state index in [9.17, 15) is 14.7 Å². The van der Waals surface area contributed by atoms with Crippen LogP contribution in [0.25, 0.3) is 0 Å². The van der Waals surface area contributed by atoms with Gasteiger partial charge in [0.2, 0.25) is 0 Å². The second kappa shape index (κ2) is 5.68. The summed E-state index contributed by atoms with van der Waals surface area (Å²) in [6, 6.07) is 5.07. The number of aliphatic carboxylic acids is 1. The molecule has 1 aliphatic rings. The molecule has 0 aromatic carbocycles. The number of hydrogen-bond donors (Lipinski definition) is 2. The van der Waals surface area contributed by atoms with Gasteiger partial charge in [-0.2, -0.15) is 0 Å². The van der Waals surface area contributed by atoms with Gasteiger partial charge in [-0.15, -0.1) is 0 Å². The molecular formula is C16H22N2O4. The molecule has 1 aliphatic carbocycles. The van der Waals surface area contributed by atoms with Gasteiger partial charge in [0.1, 0.15) is 11.2 Å². The van der Waals surface area contributed by atoms with Gasteiger partial charge in [-0.05, 0) is 26.0 Å². The number of carbonyl (C=O) groups is 2. The fraction of sp³-hybridized carbons (Fsp3) is 0.562. The van der Waals surface area contributed by atoms with E-state index >= 15 is 0 Å². The number of rotatable bonds is 5. The van der Waals surface area contributed by atoms with Gasteiger partial charge in [0, 0.05) is 24.1 Å². The second-order valence-corrected chi connectivity index (χ2v) is 6.20. The van der Waals surface area contributed by atoms with E-state index in [4.69, 9.17) is 4.74 Å². The van der Waals surface area contributed by atoms with Crippen LogP contribution in [0.1, 0.15) is 43.4 Å². The molecule has 2 atom stereocenters. The average molecular weight is 306 g/mol. The number of aryl methyl sites for hydroxylation is 1. The molecule has 0 bridgehead atoms. The fourth-order valence-corrected chi connectivity index (χ4v) is 2.96. The van der Waals surface area contributed by atoms with Gasteiger partial charge >= 0.3 is 5.97 Å². The van der Waals surface area contributed by atoms with Crippen molar-refractivity contribution in [2.24, 2.45) is 5.41 Å². The van der Waals surface area contributed by atoms with Crippen LogP contribution >= 0.6 is 0 Å². The van der Waals surface area contributed by atoms with E-state index in [0.717, 1.165) is 0 Å². The molecule has 120 valence electrons. The maximum atomic E-state index is 12.4. The number of carboxylic acid groups (broad SMARTS) is 1. The van der Waals surface area contributed by atoms with Crippen LogP contribution in [0, 0.1) is 12.3 Å². The van der Waals surface area contributed by atoms with Crippen LogP contribution in [0.2, 0.25) is 0 Å². The minimum Gasteiger partial charge on any atom is -0.479 e. The lowest BCUT2D eigenvalue weighted by Gasteiger charge is -2.58. The van der Waals surface area contributed by atoms with Crippen LogP contribution in [0.4, 0.5) is 0 Å². The van der Waals surface area contributed by atoms with Crippen molar-refractivity contribution < 1.29 is 19.4 Å². The van der Waals surface area contributed by atoms with E-state index in [-0.39, 0.29) is 18.2 Å². The minimum atomic E-state index is -1.34. The van der Waals surface area contributed by atoms with Crippen molar-refractivity contribution in [3.63, 3.8) is 0 Å². The molecule has 2 N–H and O–H groups in total. The summed E-state index contributed by atoms with van der Waals surface area (Å²) >= 11 is 0. The van der Waals surface area contributed by atoms with Gasteiger partial charge in [-0.1, -0.05) is 19.9 Å². The summed E-state index contributed by atoms with van der Waals surface area (Å²) in [6.45, 7) is 7.76. The Morgan fingerprint density at radius 1 is 1.45 bits per heavy atom. The third-order valence-corrected chi connectivity index (χ3v) is 4.58. The summed E-state index contributed by atoms with van der Waals surface area (Å²) in [4.78, 5) is 28.3. The number of ether oxygens (including phenoxy) is 1. The number of nitrogens with one attached hydrogen (secondary N) is 1. The number of nitrogens with zero attached hydrogens (tertiary/aromatic N) is 1. The van der Waals surface area contributed by atoms with Gasteiger partial charge in [0.15, 0.2) is 0 Å². The van der Waals surface area contributed by atoms with E-state index in [2.05, 4.69) is 10.3 Å². The molecule has 2 rings (SSSR count). The highest BCUT2D eigenvalue weighted by atomic mass is 16.5. The Hall–Kier alpha value is -1.95. The standard InChI is InChI=1S/C16H22N2O4/c1-5-22-12-9-16(14(20)21,15(12,3)4)18-13(19)11-8-6-7-10(2)17-11/h6-8,12H,5,9H2,1-4H3,(H,18,19)(H,20,21)/t12-,16+/m1/s1. The minimum absolute atomic E-state index is 0.195. The molecule has 6 nitrogen and oxygen atoms in total. The highest BCUT2D eigenvalue weighted by Crippen LogP contribution is 2.51. The Morgan fingerprint density at radius 3 is 2.64 bits per heavy atom. The summed E-state index contributed by atoms with van der Waals surface area (Å²) in [7, 11) is 0. The molecule has 1 aromatic heterocycles. The van der Waals surface area contributed by atoms with Crippen molar-refractivity contribution in [2.75, 3.05) is 6.61 Å². The Morgan fingerprint density at radius 2 is 2.14 bits per heavy atom. The fourth-order valence-electron chi connectivity index (χ4n) is 2.96. The highest BCUT2D eigenvalue weighted by molar-refractivity contribution is 5.97. The molecule has 1 amide bonds. The van der Waals surface area contributed by atoms with Gasteiger partial charge in [-0.3, -0.25) is 4.79 Å². The van der Waals surface area contributed by atoms with E-state index in [1.807, 2.05) is 6.92 Å². The maximum Gasteiger partial charge on any atom is 0.330 e. The molecule has 1 fully saturated rings. The summed E-state index contributed by atoms with van der Waals surface area (Å²) in [5.41, 5.74) is -1.11. The van der Waals surface area contributed by atoms with Crippen LogP contribution < -0.4 is 5.32 Å². The largest absolute Gasteiger partial charge is 0.479 e. The summed E-state index contributed by atoms with van der Waals surface area (Å²) in [5, 5.41) is 12.3. The lowest BCUT2D eigenvalue weighted by molar-refractivity contribution is -0.190. The van der Waals surface area contributed by atoms with Crippen LogP contribution in [-0.4, -0.2) is 40.2 Å². The topological polar surface area (TPSA) is 88.5 Å². The van der Waals surface area contributed by atoms with Gasteiger partial charge in [-0.25, -0.2) is 9.78 Å². The zero-order valence-electron chi connectivity index (χ0n) is 13.3. The van der Waals surface area contributed by atoms with E-state index < -0.39 is 22.8 Å². The molecule has 0 unspecified atom stereocenters. The normalized spacial score (nSPS) is 26.1. The van der Waals surface area contributed by atoms with Crippen molar-refractivity contribution >= 4 is 11.9 Å². The first-order valence-corrected chi connectivity index (χ1v) is 7.36. The Labute approximate surface area is 129 Å². The number of carbonyl (C=O) groups excluding carboxylic acids is 1. The molecule has 6 heteroatoms. The van der Waals surface area contributed by atoms with Crippen molar-refractivity contribution in [1.29, 1.82) is 0 Å². The quantitative estimate of drug-likeness (QED) is 0.865. The summed E-state index contributed by atoms with van der Waals surface area (Å²) in [5.74, 6) is -1.52. The molecule has 0 radical (unpaired) electrons. The predicted molar refractivity (Wildman–Crippen MR) is 80.6 cm³/mol. The molecule has 0 aliphatic heterocycles. The predicted octanol–water partition coefficient (Wildman–Crippen LogP) is 1.78. The van der Waals surface area contributed by atoms with E-state index in [0.29, 0.717) is 12.3 Å². The lowest BCUT2D eigenvalue weighted by Crippen LogP contribution is -2.76. The third kappa shape index (κ3) is 2.47. The zero-order chi connectivity index (χ0) is 16.5. The molecule has 0 spiro atoms. The molecule has 1 saturated carbocycles. The molecule has 22 heavy (non-hydrogen) atoms. The second-order valence-electron chi connectivity index (χ2n) is 6.20. The van der Waals surface area contributed by atoms with Crippen LogP contribution in [-0.2, 0) is 9.53 Å². The average Bonchev–Trinajstić information content (AvgIpc) is 2.45. The SMILES string of the molecule is CCO[C@@H]1C[C@](NC(=O)c2cccc(C)n2)(C(=O)O)C1(C)C. The van der Waals surface area contributed by atoms with Gasteiger partial charge < -0.3 is 15.2 Å². The molecule has 1 heterocycles. The monoisotopic (exact) mass is 306 g/mol. The van der Waals surface area contributed by atoms with E-state index in [1.54, 1.807) is 39.0 Å². The van der Waals surface area contributed by atoms with Crippen molar-refractivity contribution in [3.05, 3.63) is 29.6 Å². The van der Waals surface area contributed by atoms with Crippen molar-refractivity contribution in [3.8, 4) is 0 Å². The highest BCUT2D eigenvalue weighted by Gasteiger charge is 2.66. The summed E-state index contributed by atoms with van der Waals surface area (Å²) < 4.78 is 5.57. The Balaban J connectivity index is 2.24. The molecule has 1 aromatic rings. The van der Waals surface area contributed by atoms with E-state index in [1.165, 1.54) is 0 Å². The van der Waals surface area contributed by atoms with Gasteiger partial charge in [0.25, 0.3) is 5.91 Å². The first-order valence-electron chi connectivity index (χ1n) is 7.36. The number of hydrogen-bond acceptors (Lipinski definition) is 4. The maximum absolute atomic E-state index is 12.4. The molecular weight excluding hydrogens is 284 g/mol. The first-order chi connectivity index (χ1) is 10.2. The first kappa shape index (κ1) is 16.4. The number of aromatic nitrogens is 1. The zero-order valence-corrected chi connectivity index (χ0v) is 13.3. The smallest absolute Gasteiger partial charge is 0.330 e. The van der Waals surface area contributed by atoms with Crippen molar-refractivity contribution in [2.45, 2.75) is 45.8 Å². The number of amides is 1. The third-order valence-electron chi connectivity index (χ3n) is 4.58. The Kier molecular flexibility index (Phi) is 4.24. The summed E-state index contributed by atoms with van der Waals surface area (Å²) in [6.07, 6.45) is 0.0557. The van der Waals surface area contributed by atoms with Crippen molar-refractivity contribution in [1.82, 2.24) is 10.3 Å². The molecule has 0 saturated heterocycles.